The van der Waals surface area contributed by atoms with E-state index in [0.29, 0.717) is 34.4 Å². The van der Waals surface area contributed by atoms with Crippen LogP contribution in [0.3, 0.4) is 0 Å². The number of carbonyl (C=O) groups excluding carboxylic acids is 2. The van der Waals surface area contributed by atoms with E-state index in [2.05, 4.69) is 5.32 Å². The smallest absolute Gasteiger partial charge is 0.196 e. The van der Waals surface area contributed by atoms with Gasteiger partial charge in [-0.05, 0) is 43.7 Å². The van der Waals surface area contributed by atoms with Crippen molar-refractivity contribution in [2.24, 2.45) is 0 Å². The molecule has 0 amide bonds. The first-order chi connectivity index (χ1) is 17.3. The topological polar surface area (TPSA) is 83.1 Å². The minimum atomic E-state index is -0.670. The maximum atomic E-state index is 13.9. The summed E-state index contributed by atoms with van der Waals surface area (Å²) in [6.07, 6.45) is -0.682. The van der Waals surface area contributed by atoms with E-state index in [1.54, 1.807) is 32.4 Å². The lowest BCUT2D eigenvalue weighted by Crippen LogP contribution is -2.60. The van der Waals surface area contributed by atoms with E-state index in [-0.39, 0.29) is 24.5 Å². The van der Waals surface area contributed by atoms with Gasteiger partial charge in [-0.2, -0.15) is 0 Å². The van der Waals surface area contributed by atoms with Gasteiger partial charge in [-0.15, -0.1) is 0 Å². The second kappa shape index (κ2) is 9.41. The number of hydrogen-bond acceptors (Lipinski definition) is 7. The summed E-state index contributed by atoms with van der Waals surface area (Å²) in [5.74, 6) is -0.323. The summed E-state index contributed by atoms with van der Waals surface area (Å²) < 4.78 is 22.7. The molecule has 0 aromatic heterocycles. The second-order valence-electron chi connectivity index (χ2n) is 9.85. The summed E-state index contributed by atoms with van der Waals surface area (Å²) in [5.41, 5.74) is 2.67. The van der Waals surface area contributed by atoms with Crippen molar-refractivity contribution in [3.05, 3.63) is 76.3 Å². The lowest BCUT2D eigenvalue weighted by molar-refractivity contribution is -0.246. The summed E-state index contributed by atoms with van der Waals surface area (Å²) in [7, 11) is 3.17. The summed E-state index contributed by atoms with van der Waals surface area (Å²) in [6, 6.07) is 15.0. The monoisotopic (exact) mass is 489 g/mol. The van der Waals surface area contributed by atoms with Crippen LogP contribution in [0.15, 0.2) is 48.5 Å². The molecule has 1 aliphatic heterocycles. The second-order valence-corrected chi connectivity index (χ2v) is 9.85. The van der Waals surface area contributed by atoms with Gasteiger partial charge in [0.05, 0.1) is 17.2 Å². The van der Waals surface area contributed by atoms with Crippen LogP contribution in [0.1, 0.15) is 57.7 Å². The number of ketones is 2. The zero-order valence-electron chi connectivity index (χ0n) is 21.2. The quantitative estimate of drug-likeness (QED) is 0.387. The molecular formula is C29H31NO6. The Kier molecular flexibility index (Phi) is 6.43. The van der Waals surface area contributed by atoms with Crippen molar-refractivity contribution in [2.75, 3.05) is 26.3 Å². The first-order valence-corrected chi connectivity index (χ1v) is 12.1. The Labute approximate surface area is 210 Å². The fraction of sp³-hybridized carbons (Fsp3) is 0.379. The first kappa shape index (κ1) is 24.6. The average molecular weight is 490 g/mol. The van der Waals surface area contributed by atoms with Crippen LogP contribution < -0.4 is 5.32 Å². The number of hydrogen-bond donors (Lipinski definition) is 1. The van der Waals surface area contributed by atoms with E-state index < -0.39 is 17.9 Å². The van der Waals surface area contributed by atoms with Crippen LogP contribution in [0.2, 0.25) is 0 Å². The zero-order valence-corrected chi connectivity index (χ0v) is 21.2. The number of methoxy groups -OCH3 is 2. The van der Waals surface area contributed by atoms with Gasteiger partial charge in [0.25, 0.3) is 0 Å². The highest BCUT2D eigenvalue weighted by atomic mass is 16.7. The van der Waals surface area contributed by atoms with Crippen molar-refractivity contribution in [1.29, 1.82) is 0 Å². The number of aryl methyl sites for hydroxylation is 1. The third-order valence-electron chi connectivity index (χ3n) is 7.24. The molecule has 5 rings (SSSR count). The fourth-order valence-electron chi connectivity index (χ4n) is 5.61. The van der Waals surface area contributed by atoms with Crippen LogP contribution in [-0.4, -0.2) is 56.6 Å². The molecule has 0 unspecified atom stereocenters. The van der Waals surface area contributed by atoms with E-state index in [1.807, 2.05) is 51.1 Å². The SMILES string of the molecule is COCO[C@H]1[C@H](C)O[C@@H](OC)C[C@@]1(C)Nc1cccc2c1C(=O)c1ccc3cc(C)ccc3c1C2=O. The Hall–Kier alpha value is -3.10. The Morgan fingerprint density at radius 3 is 2.53 bits per heavy atom. The van der Waals surface area contributed by atoms with E-state index in [9.17, 15) is 9.59 Å². The van der Waals surface area contributed by atoms with Gasteiger partial charge in [0.2, 0.25) is 0 Å². The molecule has 0 bridgehead atoms. The molecule has 36 heavy (non-hydrogen) atoms. The normalized spacial score (nSPS) is 25.5. The van der Waals surface area contributed by atoms with Crippen molar-refractivity contribution < 1.29 is 28.5 Å². The summed E-state index contributed by atoms with van der Waals surface area (Å²) in [4.78, 5) is 27.6. The number of carbonyl (C=O) groups is 2. The molecule has 1 N–H and O–H groups in total. The van der Waals surface area contributed by atoms with Crippen LogP contribution in [0, 0.1) is 6.92 Å². The molecule has 3 aromatic rings. The number of benzene rings is 3. The van der Waals surface area contributed by atoms with Crippen molar-refractivity contribution in [2.45, 2.75) is 51.2 Å². The minimum absolute atomic E-state index is 0.0948. The molecular weight excluding hydrogens is 458 g/mol. The van der Waals surface area contributed by atoms with Crippen LogP contribution in [0.25, 0.3) is 10.8 Å². The van der Waals surface area contributed by atoms with E-state index in [0.717, 1.165) is 16.3 Å². The zero-order chi connectivity index (χ0) is 25.6. The molecule has 1 heterocycles. The molecule has 3 aromatic carbocycles. The van der Waals surface area contributed by atoms with Crippen molar-refractivity contribution in [3.63, 3.8) is 0 Å². The van der Waals surface area contributed by atoms with Gasteiger partial charge in [0.15, 0.2) is 17.9 Å². The van der Waals surface area contributed by atoms with Gasteiger partial charge in [-0.25, -0.2) is 0 Å². The Balaban J connectivity index is 1.59. The Morgan fingerprint density at radius 1 is 1.03 bits per heavy atom. The molecule has 1 aliphatic carbocycles. The van der Waals surface area contributed by atoms with Gasteiger partial charge in [-0.3, -0.25) is 9.59 Å². The van der Waals surface area contributed by atoms with Crippen molar-refractivity contribution >= 4 is 28.0 Å². The summed E-state index contributed by atoms with van der Waals surface area (Å²) >= 11 is 0. The van der Waals surface area contributed by atoms with E-state index >= 15 is 0 Å². The number of ether oxygens (including phenoxy) is 4. The Bertz CT molecular complexity index is 1350. The molecule has 0 saturated carbocycles. The van der Waals surface area contributed by atoms with Crippen molar-refractivity contribution in [3.8, 4) is 0 Å². The maximum Gasteiger partial charge on any atom is 0.196 e. The predicted molar refractivity (Wildman–Crippen MR) is 137 cm³/mol. The maximum absolute atomic E-state index is 13.9. The van der Waals surface area contributed by atoms with Gasteiger partial charge < -0.3 is 24.3 Å². The standard InChI is InChI=1S/C29H31NO6/c1-16-9-11-19-18(13-16)10-12-21-24(19)26(31)20-7-6-8-22(25(20)27(21)32)30-29(3)14-23(34-5)36-17(2)28(29)35-15-33-4/h6-13,17,23,28,30H,14-15H2,1-5H3/t17-,23+,28-,29+/m0/s1. The molecule has 0 radical (unpaired) electrons. The van der Waals surface area contributed by atoms with Crippen molar-refractivity contribution in [1.82, 2.24) is 0 Å². The van der Waals surface area contributed by atoms with E-state index in [1.165, 1.54) is 0 Å². The first-order valence-electron chi connectivity index (χ1n) is 12.1. The third kappa shape index (κ3) is 4.02. The van der Waals surface area contributed by atoms with Gasteiger partial charge in [0.1, 0.15) is 12.9 Å². The molecule has 2 aliphatic rings. The molecule has 4 atom stereocenters. The minimum Gasteiger partial charge on any atom is -0.376 e. The number of fused-ring (bicyclic) bond motifs is 4. The number of rotatable bonds is 6. The van der Waals surface area contributed by atoms with Gasteiger partial charge in [0, 0.05) is 43.0 Å². The Morgan fingerprint density at radius 2 is 1.78 bits per heavy atom. The van der Waals surface area contributed by atoms with Crippen LogP contribution in [-0.2, 0) is 18.9 Å². The fourth-order valence-corrected chi connectivity index (χ4v) is 5.61. The predicted octanol–water partition coefficient (Wildman–Crippen LogP) is 4.86. The van der Waals surface area contributed by atoms with Crippen LogP contribution in [0.5, 0.6) is 0 Å². The third-order valence-corrected chi connectivity index (χ3v) is 7.24. The lowest BCUT2D eigenvalue weighted by atomic mass is 9.79. The molecule has 7 nitrogen and oxygen atoms in total. The van der Waals surface area contributed by atoms with Gasteiger partial charge >= 0.3 is 0 Å². The average Bonchev–Trinajstić information content (AvgIpc) is 2.85. The summed E-state index contributed by atoms with van der Waals surface area (Å²) in [6.45, 7) is 6.03. The number of anilines is 1. The molecule has 1 saturated heterocycles. The summed E-state index contributed by atoms with van der Waals surface area (Å²) in [5, 5.41) is 5.29. The van der Waals surface area contributed by atoms with Crippen LogP contribution in [0.4, 0.5) is 5.69 Å². The van der Waals surface area contributed by atoms with Crippen LogP contribution >= 0.6 is 0 Å². The number of nitrogens with one attached hydrogen (secondary N) is 1. The van der Waals surface area contributed by atoms with E-state index in [4.69, 9.17) is 18.9 Å². The molecule has 188 valence electrons. The largest absolute Gasteiger partial charge is 0.376 e. The van der Waals surface area contributed by atoms with Gasteiger partial charge in [-0.1, -0.05) is 42.0 Å². The highest BCUT2D eigenvalue weighted by Crippen LogP contribution is 2.40. The molecule has 1 fully saturated rings. The highest BCUT2D eigenvalue weighted by Gasteiger charge is 2.47. The highest BCUT2D eigenvalue weighted by molar-refractivity contribution is 6.33. The lowest BCUT2D eigenvalue weighted by Gasteiger charge is -2.48. The molecule has 0 spiro atoms. The molecule has 7 heteroatoms.